The molecule has 3 N–H and O–H groups in total. The Balaban J connectivity index is 2.42. The summed E-state index contributed by atoms with van der Waals surface area (Å²) in [5.74, 6) is 8.90. The van der Waals surface area contributed by atoms with Crippen LogP contribution in [0, 0.1) is 12.8 Å². The molecule has 1 saturated heterocycles. The number of anilines is 2. The van der Waals surface area contributed by atoms with Gasteiger partial charge < -0.3 is 10.3 Å². The average molecular weight is 263 g/mol. The topological polar surface area (TPSA) is 67.1 Å². The van der Waals surface area contributed by atoms with Crippen molar-refractivity contribution in [3.63, 3.8) is 0 Å². The van der Waals surface area contributed by atoms with Crippen LogP contribution in [0.15, 0.2) is 0 Å². The molecule has 1 fully saturated rings. The molecule has 2 atom stereocenters. The molecule has 1 aliphatic rings. The molecular weight excluding hydrogens is 238 g/mol. The number of hydrogen-bond acceptors (Lipinski definition) is 5. The summed E-state index contributed by atoms with van der Waals surface area (Å²) in [5.41, 5.74) is 3.74. The number of rotatable bonds is 3. The number of hydrogen-bond donors (Lipinski definition) is 2. The van der Waals surface area contributed by atoms with Gasteiger partial charge in [-0.15, -0.1) is 0 Å². The number of nitrogen functional groups attached to an aromatic ring is 1. The van der Waals surface area contributed by atoms with E-state index < -0.39 is 0 Å². The summed E-state index contributed by atoms with van der Waals surface area (Å²) in [6, 6.07) is 0.512. The summed E-state index contributed by atoms with van der Waals surface area (Å²) in [6.45, 7) is 9.77. The third-order valence-electron chi connectivity index (χ3n) is 4.27. The molecule has 106 valence electrons. The lowest BCUT2D eigenvalue weighted by atomic mass is 9.92. The molecule has 2 unspecified atom stereocenters. The first kappa shape index (κ1) is 14.1. The van der Waals surface area contributed by atoms with Crippen LogP contribution in [0.1, 0.15) is 45.0 Å². The second-order valence-electron chi connectivity index (χ2n) is 5.49. The van der Waals surface area contributed by atoms with Crippen LogP contribution < -0.4 is 16.2 Å². The van der Waals surface area contributed by atoms with Gasteiger partial charge in [0.2, 0.25) is 0 Å². The van der Waals surface area contributed by atoms with Gasteiger partial charge in [0.15, 0.2) is 0 Å². The van der Waals surface area contributed by atoms with Crippen LogP contribution in [0.3, 0.4) is 0 Å². The van der Waals surface area contributed by atoms with Crippen molar-refractivity contribution >= 4 is 11.6 Å². The number of nitrogens with one attached hydrogen (secondary N) is 1. The van der Waals surface area contributed by atoms with Crippen molar-refractivity contribution in [2.75, 3.05) is 16.9 Å². The zero-order valence-electron chi connectivity index (χ0n) is 12.4. The van der Waals surface area contributed by atoms with Crippen molar-refractivity contribution in [2.24, 2.45) is 11.8 Å². The third-order valence-corrected chi connectivity index (χ3v) is 4.27. The van der Waals surface area contributed by atoms with Crippen LogP contribution in [0.4, 0.5) is 11.6 Å². The first-order valence-electron chi connectivity index (χ1n) is 7.19. The van der Waals surface area contributed by atoms with Gasteiger partial charge in [0.1, 0.15) is 17.5 Å². The highest BCUT2D eigenvalue weighted by molar-refractivity contribution is 5.59. The monoisotopic (exact) mass is 263 g/mol. The normalized spacial score (nSPS) is 23.5. The van der Waals surface area contributed by atoms with Gasteiger partial charge in [-0.3, -0.25) is 0 Å². The predicted octanol–water partition coefficient (Wildman–Crippen LogP) is 2.26. The number of nitrogens with two attached hydrogens (primary N) is 1. The minimum Gasteiger partial charge on any atom is -0.353 e. The fourth-order valence-electron chi connectivity index (χ4n) is 2.76. The van der Waals surface area contributed by atoms with Gasteiger partial charge in [0.25, 0.3) is 0 Å². The lowest BCUT2D eigenvalue weighted by molar-refractivity contribution is 0.361. The molecule has 0 radical (unpaired) electrons. The van der Waals surface area contributed by atoms with Gasteiger partial charge >= 0.3 is 0 Å². The average Bonchev–Trinajstić information content (AvgIpc) is 2.42. The Morgan fingerprint density at radius 2 is 2.11 bits per heavy atom. The van der Waals surface area contributed by atoms with Gasteiger partial charge in [0, 0.05) is 24.6 Å². The fraction of sp³-hybridized carbons (Fsp3) is 0.714. The molecular formula is C14H25N5. The molecule has 0 aliphatic carbocycles. The maximum Gasteiger partial charge on any atom is 0.148 e. The second-order valence-corrected chi connectivity index (χ2v) is 5.49. The van der Waals surface area contributed by atoms with E-state index in [-0.39, 0.29) is 0 Å². The molecule has 0 spiro atoms. The van der Waals surface area contributed by atoms with E-state index >= 15 is 0 Å². The molecule has 0 aromatic carbocycles. The Labute approximate surface area is 115 Å². The molecule has 1 aromatic heterocycles. The van der Waals surface area contributed by atoms with Crippen molar-refractivity contribution in [3.05, 3.63) is 11.4 Å². The summed E-state index contributed by atoms with van der Waals surface area (Å²) in [7, 11) is 0. The lowest BCUT2D eigenvalue weighted by Gasteiger charge is -2.39. The van der Waals surface area contributed by atoms with E-state index in [4.69, 9.17) is 10.8 Å². The van der Waals surface area contributed by atoms with Crippen molar-refractivity contribution < 1.29 is 0 Å². The standard InChI is InChI=1S/C14H25N5/c1-5-12-16-13(18-15)10(3)14(17-12)19-8-6-7-9(2)11(19)4/h9,11H,5-8,15H2,1-4H3,(H,16,17,18). The highest BCUT2D eigenvalue weighted by atomic mass is 15.3. The molecule has 0 saturated carbocycles. The van der Waals surface area contributed by atoms with Crippen LogP contribution >= 0.6 is 0 Å². The van der Waals surface area contributed by atoms with Crippen molar-refractivity contribution in [2.45, 2.75) is 53.0 Å². The molecule has 2 heterocycles. The Kier molecular flexibility index (Phi) is 4.24. The molecule has 19 heavy (non-hydrogen) atoms. The molecule has 1 aliphatic heterocycles. The van der Waals surface area contributed by atoms with Crippen LogP contribution in [-0.4, -0.2) is 22.6 Å². The quantitative estimate of drug-likeness (QED) is 0.647. The fourth-order valence-corrected chi connectivity index (χ4v) is 2.76. The van der Waals surface area contributed by atoms with E-state index in [1.165, 1.54) is 12.8 Å². The SMILES string of the molecule is CCc1nc(NN)c(C)c(N2CCCC(C)C2C)n1. The Morgan fingerprint density at radius 3 is 2.74 bits per heavy atom. The van der Waals surface area contributed by atoms with Gasteiger partial charge in [0.05, 0.1) is 0 Å². The van der Waals surface area contributed by atoms with Gasteiger partial charge in [-0.2, -0.15) is 0 Å². The van der Waals surface area contributed by atoms with E-state index in [1.807, 2.05) is 6.92 Å². The van der Waals surface area contributed by atoms with Crippen LogP contribution in [0.5, 0.6) is 0 Å². The Hall–Kier alpha value is -1.36. The number of aryl methyl sites for hydroxylation is 1. The van der Waals surface area contributed by atoms with Crippen molar-refractivity contribution in [1.82, 2.24) is 9.97 Å². The van der Waals surface area contributed by atoms with E-state index in [1.54, 1.807) is 0 Å². The molecule has 5 nitrogen and oxygen atoms in total. The van der Waals surface area contributed by atoms with E-state index in [0.717, 1.165) is 36.0 Å². The highest BCUT2D eigenvalue weighted by Gasteiger charge is 2.27. The summed E-state index contributed by atoms with van der Waals surface area (Å²) < 4.78 is 0. The smallest absolute Gasteiger partial charge is 0.148 e. The summed E-state index contributed by atoms with van der Waals surface area (Å²) >= 11 is 0. The van der Waals surface area contributed by atoms with Crippen molar-refractivity contribution in [1.29, 1.82) is 0 Å². The summed E-state index contributed by atoms with van der Waals surface area (Å²) in [5, 5.41) is 0. The molecule has 0 bridgehead atoms. The number of hydrazine groups is 1. The molecule has 1 aromatic rings. The highest BCUT2D eigenvalue weighted by Crippen LogP contribution is 2.31. The van der Waals surface area contributed by atoms with Gasteiger partial charge in [-0.05, 0) is 32.6 Å². The zero-order valence-corrected chi connectivity index (χ0v) is 12.4. The molecule has 0 amide bonds. The second kappa shape index (κ2) is 5.74. The third kappa shape index (κ3) is 2.66. The van der Waals surface area contributed by atoms with Crippen LogP contribution in [-0.2, 0) is 6.42 Å². The largest absolute Gasteiger partial charge is 0.353 e. The van der Waals surface area contributed by atoms with E-state index in [0.29, 0.717) is 12.0 Å². The van der Waals surface area contributed by atoms with Gasteiger partial charge in [-0.25, -0.2) is 15.8 Å². The lowest BCUT2D eigenvalue weighted by Crippen LogP contribution is -2.43. The minimum atomic E-state index is 0.512. The van der Waals surface area contributed by atoms with Crippen LogP contribution in [0.2, 0.25) is 0 Å². The van der Waals surface area contributed by atoms with Gasteiger partial charge in [-0.1, -0.05) is 13.8 Å². The Morgan fingerprint density at radius 1 is 1.37 bits per heavy atom. The number of aromatic nitrogens is 2. The minimum absolute atomic E-state index is 0.512. The summed E-state index contributed by atoms with van der Waals surface area (Å²) in [6.07, 6.45) is 3.34. The maximum absolute atomic E-state index is 5.58. The van der Waals surface area contributed by atoms with Crippen molar-refractivity contribution in [3.8, 4) is 0 Å². The Bertz CT molecular complexity index is 446. The first-order valence-corrected chi connectivity index (χ1v) is 7.19. The van der Waals surface area contributed by atoms with Crippen LogP contribution in [0.25, 0.3) is 0 Å². The maximum atomic E-state index is 5.58. The van der Waals surface area contributed by atoms with E-state index in [9.17, 15) is 0 Å². The molecule has 2 rings (SSSR count). The number of nitrogens with zero attached hydrogens (tertiary/aromatic N) is 3. The van der Waals surface area contributed by atoms with E-state index in [2.05, 4.69) is 36.1 Å². The first-order chi connectivity index (χ1) is 9.08. The summed E-state index contributed by atoms with van der Waals surface area (Å²) in [4.78, 5) is 11.6. The zero-order chi connectivity index (χ0) is 14.0. The molecule has 5 heteroatoms. The predicted molar refractivity (Wildman–Crippen MR) is 79.2 cm³/mol. The number of piperidine rings is 1.